The van der Waals surface area contributed by atoms with Crippen LogP contribution in [0.2, 0.25) is 0 Å². The van der Waals surface area contributed by atoms with Crippen LogP contribution in [-0.4, -0.2) is 30.7 Å². The Morgan fingerprint density at radius 3 is 3.11 bits per heavy atom. The maximum atomic E-state index is 9.22. The molecule has 0 aromatic carbocycles. The van der Waals surface area contributed by atoms with Crippen molar-refractivity contribution < 1.29 is 0 Å². The van der Waals surface area contributed by atoms with E-state index in [1.165, 1.54) is 19.3 Å². The van der Waals surface area contributed by atoms with E-state index < -0.39 is 0 Å². The van der Waals surface area contributed by atoms with Crippen molar-refractivity contribution in [2.24, 2.45) is 0 Å². The van der Waals surface area contributed by atoms with Crippen LogP contribution < -0.4 is 10.2 Å². The SMILES string of the molecule is CCCN(CC1CCCCN1)c1cnccc1C#N. The van der Waals surface area contributed by atoms with E-state index in [0.29, 0.717) is 6.04 Å². The minimum absolute atomic E-state index is 0.534. The number of nitriles is 1. The first-order valence-electron chi connectivity index (χ1n) is 7.17. The molecule has 4 heteroatoms. The number of nitrogens with zero attached hydrogens (tertiary/aromatic N) is 3. The molecule has 0 spiro atoms. The summed E-state index contributed by atoms with van der Waals surface area (Å²) in [5.74, 6) is 0. The number of nitrogens with one attached hydrogen (secondary N) is 1. The standard InChI is InChI=1S/C15H22N4/c1-2-9-19(12-14-5-3-4-7-18-14)15-11-17-8-6-13(15)10-16/h6,8,11,14,18H,2-5,7,9,12H2,1H3. The number of pyridine rings is 1. The van der Waals surface area contributed by atoms with Gasteiger partial charge in [0, 0.05) is 25.3 Å². The Morgan fingerprint density at radius 2 is 2.42 bits per heavy atom. The average molecular weight is 258 g/mol. The van der Waals surface area contributed by atoms with Crippen molar-refractivity contribution in [3.8, 4) is 6.07 Å². The van der Waals surface area contributed by atoms with E-state index in [1.54, 1.807) is 12.3 Å². The summed E-state index contributed by atoms with van der Waals surface area (Å²) in [5, 5.41) is 12.8. The van der Waals surface area contributed by atoms with Crippen LogP contribution in [0.4, 0.5) is 5.69 Å². The van der Waals surface area contributed by atoms with Crippen LogP contribution >= 0.6 is 0 Å². The normalized spacial score (nSPS) is 18.8. The molecule has 1 fully saturated rings. The lowest BCUT2D eigenvalue weighted by Crippen LogP contribution is -2.44. The summed E-state index contributed by atoms with van der Waals surface area (Å²) in [6.45, 7) is 5.22. The quantitative estimate of drug-likeness (QED) is 0.880. The highest BCUT2D eigenvalue weighted by molar-refractivity contribution is 5.57. The highest BCUT2D eigenvalue weighted by Gasteiger charge is 2.18. The smallest absolute Gasteiger partial charge is 0.101 e. The molecule has 1 N–H and O–H groups in total. The second kappa shape index (κ2) is 7.10. The van der Waals surface area contributed by atoms with E-state index in [0.717, 1.165) is 37.3 Å². The van der Waals surface area contributed by atoms with Gasteiger partial charge < -0.3 is 10.2 Å². The van der Waals surface area contributed by atoms with Crippen molar-refractivity contribution in [2.75, 3.05) is 24.5 Å². The van der Waals surface area contributed by atoms with Crippen molar-refractivity contribution in [1.29, 1.82) is 5.26 Å². The Morgan fingerprint density at radius 1 is 1.53 bits per heavy atom. The van der Waals surface area contributed by atoms with Gasteiger partial charge in [-0.2, -0.15) is 5.26 Å². The molecule has 102 valence electrons. The first kappa shape index (κ1) is 13.8. The molecule has 2 rings (SSSR count). The third kappa shape index (κ3) is 3.68. The summed E-state index contributed by atoms with van der Waals surface area (Å²) in [6.07, 6.45) is 8.38. The largest absolute Gasteiger partial charge is 0.368 e. The Kier molecular flexibility index (Phi) is 5.17. The van der Waals surface area contributed by atoms with E-state index in [9.17, 15) is 5.26 Å². The monoisotopic (exact) mass is 258 g/mol. The molecule has 2 heterocycles. The number of rotatable bonds is 5. The van der Waals surface area contributed by atoms with Crippen LogP contribution in [0, 0.1) is 11.3 Å². The molecule has 0 bridgehead atoms. The van der Waals surface area contributed by atoms with Gasteiger partial charge in [-0.3, -0.25) is 4.98 Å². The van der Waals surface area contributed by atoms with Gasteiger partial charge in [0.2, 0.25) is 0 Å². The number of piperidine rings is 1. The lowest BCUT2D eigenvalue weighted by molar-refractivity contribution is 0.399. The summed E-state index contributed by atoms with van der Waals surface area (Å²) >= 11 is 0. The zero-order valence-electron chi connectivity index (χ0n) is 11.6. The second-order valence-electron chi connectivity index (χ2n) is 5.10. The molecular weight excluding hydrogens is 236 g/mol. The van der Waals surface area contributed by atoms with Gasteiger partial charge in [0.15, 0.2) is 0 Å². The van der Waals surface area contributed by atoms with Crippen LogP contribution in [0.25, 0.3) is 0 Å². The van der Waals surface area contributed by atoms with Crippen molar-refractivity contribution in [2.45, 2.75) is 38.6 Å². The van der Waals surface area contributed by atoms with Crippen molar-refractivity contribution in [3.63, 3.8) is 0 Å². The summed E-state index contributed by atoms with van der Waals surface area (Å²) in [6, 6.07) is 4.60. The zero-order valence-corrected chi connectivity index (χ0v) is 11.6. The van der Waals surface area contributed by atoms with E-state index in [1.807, 2.05) is 6.20 Å². The summed E-state index contributed by atoms with van der Waals surface area (Å²) in [4.78, 5) is 6.48. The van der Waals surface area contributed by atoms with Gasteiger partial charge in [-0.15, -0.1) is 0 Å². The van der Waals surface area contributed by atoms with Gasteiger partial charge in [-0.25, -0.2) is 0 Å². The molecule has 0 saturated carbocycles. The fourth-order valence-electron chi connectivity index (χ4n) is 2.66. The molecule has 1 unspecified atom stereocenters. The van der Waals surface area contributed by atoms with Gasteiger partial charge in [-0.05, 0) is 31.9 Å². The van der Waals surface area contributed by atoms with Gasteiger partial charge in [0.05, 0.1) is 17.4 Å². The van der Waals surface area contributed by atoms with Gasteiger partial charge in [0.25, 0.3) is 0 Å². The highest BCUT2D eigenvalue weighted by Crippen LogP contribution is 2.20. The topological polar surface area (TPSA) is 52.0 Å². The molecule has 1 aliphatic heterocycles. The average Bonchev–Trinajstić information content (AvgIpc) is 2.48. The molecule has 0 aliphatic carbocycles. The number of aromatic nitrogens is 1. The fourth-order valence-corrected chi connectivity index (χ4v) is 2.66. The molecule has 1 aromatic rings. The Hall–Kier alpha value is -1.60. The molecule has 0 amide bonds. The molecule has 0 radical (unpaired) electrons. The number of hydrogen-bond acceptors (Lipinski definition) is 4. The molecule has 19 heavy (non-hydrogen) atoms. The molecule has 4 nitrogen and oxygen atoms in total. The van der Waals surface area contributed by atoms with E-state index in [2.05, 4.69) is 28.2 Å². The Balaban J connectivity index is 2.12. The van der Waals surface area contributed by atoms with Crippen LogP contribution in [0.1, 0.15) is 38.2 Å². The van der Waals surface area contributed by atoms with E-state index >= 15 is 0 Å². The number of hydrogen-bond donors (Lipinski definition) is 1. The second-order valence-corrected chi connectivity index (χ2v) is 5.10. The first-order valence-corrected chi connectivity index (χ1v) is 7.17. The fraction of sp³-hybridized carbons (Fsp3) is 0.600. The predicted octanol–water partition coefficient (Wildman–Crippen LogP) is 2.31. The summed E-state index contributed by atoms with van der Waals surface area (Å²) in [5.41, 5.74) is 1.69. The van der Waals surface area contributed by atoms with Crippen molar-refractivity contribution in [3.05, 3.63) is 24.0 Å². The molecular formula is C15H22N4. The Bertz CT molecular complexity index is 432. The summed E-state index contributed by atoms with van der Waals surface area (Å²) in [7, 11) is 0. The zero-order chi connectivity index (χ0) is 13.5. The third-order valence-corrected chi connectivity index (χ3v) is 3.61. The minimum Gasteiger partial charge on any atom is -0.368 e. The van der Waals surface area contributed by atoms with Crippen LogP contribution in [0.5, 0.6) is 0 Å². The van der Waals surface area contributed by atoms with E-state index in [4.69, 9.17) is 0 Å². The van der Waals surface area contributed by atoms with Crippen LogP contribution in [-0.2, 0) is 0 Å². The third-order valence-electron chi connectivity index (χ3n) is 3.61. The van der Waals surface area contributed by atoms with Gasteiger partial charge >= 0.3 is 0 Å². The maximum absolute atomic E-state index is 9.22. The molecule has 1 aromatic heterocycles. The van der Waals surface area contributed by atoms with Crippen molar-refractivity contribution >= 4 is 5.69 Å². The van der Waals surface area contributed by atoms with Gasteiger partial charge in [0.1, 0.15) is 6.07 Å². The van der Waals surface area contributed by atoms with Crippen LogP contribution in [0.3, 0.4) is 0 Å². The lowest BCUT2D eigenvalue weighted by atomic mass is 10.0. The summed E-state index contributed by atoms with van der Waals surface area (Å²) < 4.78 is 0. The Labute approximate surface area is 115 Å². The minimum atomic E-state index is 0.534. The van der Waals surface area contributed by atoms with Gasteiger partial charge in [-0.1, -0.05) is 13.3 Å². The maximum Gasteiger partial charge on any atom is 0.101 e. The number of anilines is 1. The first-order chi connectivity index (χ1) is 9.35. The molecule has 1 aliphatic rings. The predicted molar refractivity (Wildman–Crippen MR) is 77.1 cm³/mol. The molecule has 1 saturated heterocycles. The highest BCUT2D eigenvalue weighted by atomic mass is 15.2. The van der Waals surface area contributed by atoms with E-state index in [-0.39, 0.29) is 0 Å². The lowest BCUT2D eigenvalue weighted by Gasteiger charge is -2.32. The van der Waals surface area contributed by atoms with Crippen LogP contribution in [0.15, 0.2) is 18.5 Å². The molecule has 1 atom stereocenters. The van der Waals surface area contributed by atoms with Crippen molar-refractivity contribution in [1.82, 2.24) is 10.3 Å².